The van der Waals surface area contributed by atoms with Crippen LogP contribution >= 0.6 is 0 Å². The van der Waals surface area contributed by atoms with Crippen LogP contribution in [0, 0.1) is 5.92 Å². The van der Waals surface area contributed by atoms with Gasteiger partial charge in [0.2, 0.25) is 0 Å². The zero-order chi connectivity index (χ0) is 14.5. The highest BCUT2D eigenvalue weighted by molar-refractivity contribution is 7.84. The third-order valence-electron chi connectivity index (χ3n) is 2.99. The molecule has 4 heteroatoms. The van der Waals surface area contributed by atoms with Crippen molar-refractivity contribution in [3.8, 4) is 5.75 Å². The number of hydrogen-bond acceptors (Lipinski definition) is 2. The number of hydrogen-bond donors (Lipinski definition) is 0. The van der Waals surface area contributed by atoms with Gasteiger partial charge in [-0.15, -0.1) is 0 Å². The fourth-order valence-electron chi connectivity index (χ4n) is 1.94. The highest BCUT2D eigenvalue weighted by Gasteiger charge is 2.13. The molecule has 0 unspecified atom stereocenters. The molecule has 0 fully saturated rings. The van der Waals surface area contributed by atoms with E-state index in [0.717, 1.165) is 17.2 Å². The molecule has 3 nitrogen and oxygen atoms in total. The summed E-state index contributed by atoms with van der Waals surface area (Å²) < 4.78 is 21.9. The van der Waals surface area contributed by atoms with Gasteiger partial charge in [-0.2, -0.15) is 4.40 Å². The molecule has 0 heterocycles. The van der Waals surface area contributed by atoms with Crippen LogP contribution in [0.2, 0.25) is 0 Å². The van der Waals surface area contributed by atoms with Crippen molar-refractivity contribution in [2.24, 2.45) is 10.3 Å². The molecule has 0 radical (unpaired) electrons. The Labute approximate surface area is 122 Å². The Morgan fingerprint density at radius 1 is 1.25 bits per heavy atom. The SMILES string of the molecule is COc1ccc2ccccc2c1[S@](=O)/N=C/CC(C)C. The summed E-state index contributed by atoms with van der Waals surface area (Å²) >= 11 is 0. The molecule has 106 valence electrons. The van der Waals surface area contributed by atoms with Gasteiger partial charge in [0.25, 0.3) is 0 Å². The van der Waals surface area contributed by atoms with E-state index in [0.29, 0.717) is 16.6 Å². The van der Waals surface area contributed by atoms with Crippen LogP contribution in [0.25, 0.3) is 10.8 Å². The smallest absolute Gasteiger partial charge is 0.176 e. The summed E-state index contributed by atoms with van der Waals surface area (Å²) in [5.41, 5.74) is 0. The Kier molecular flexibility index (Phi) is 4.90. The predicted molar refractivity (Wildman–Crippen MR) is 84.9 cm³/mol. The average Bonchev–Trinajstić information content (AvgIpc) is 2.45. The largest absolute Gasteiger partial charge is 0.495 e. The average molecular weight is 289 g/mol. The topological polar surface area (TPSA) is 38.7 Å². The van der Waals surface area contributed by atoms with E-state index in [-0.39, 0.29) is 0 Å². The van der Waals surface area contributed by atoms with Crippen molar-refractivity contribution in [3.05, 3.63) is 36.4 Å². The minimum atomic E-state index is -1.44. The Balaban J connectivity index is 2.45. The van der Waals surface area contributed by atoms with Gasteiger partial charge in [0, 0.05) is 11.6 Å². The lowest BCUT2D eigenvalue weighted by Crippen LogP contribution is -1.96. The Morgan fingerprint density at radius 2 is 2.00 bits per heavy atom. The number of benzene rings is 2. The molecule has 1 atom stereocenters. The normalized spacial score (nSPS) is 13.2. The number of fused-ring (bicyclic) bond motifs is 1. The van der Waals surface area contributed by atoms with Crippen LogP contribution in [0.1, 0.15) is 20.3 Å². The summed E-state index contributed by atoms with van der Waals surface area (Å²) in [5.74, 6) is 1.12. The number of ether oxygens (including phenoxy) is 1. The van der Waals surface area contributed by atoms with E-state index in [9.17, 15) is 4.21 Å². The molecule has 0 saturated heterocycles. The Bertz CT molecular complexity index is 650. The van der Waals surface area contributed by atoms with Gasteiger partial charge in [-0.05, 0) is 23.8 Å². The van der Waals surface area contributed by atoms with E-state index in [1.807, 2.05) is 36.4 Å². The second kappa shape index (κ2) is 6.66. The van der Waals surface area contributed by atoms with Gasteiger partial charge in [-0.1, -0.05) is 44.2 Å². The second-order valence-electron chi connectivity index (χ2n) is 4.98. The van der Waals surface area contributed by atoms with Gasteiger partial charge in [0.15, 0.2) is 11.0 Å². The molecule has 0 saturated carbocycles. The maximum Gasteiger partial charge on any atom is 0.176 e. The first-order valence-electron chi connectivity index (χ1n) is 6.63. The summed E-state index contributed by atoms with van der Waals surface area (Å²) in [6, 6.07) is 11.6. The van der Waals surface area contributed by atoms with Crippen molar-refractivity contribution in [1.29, 1.82) is 0 Å². The lowest BCUT2D eigenvalue weighted by Gasteiger charge is -2.09. The van der Waals surface area contributed by atoms with E-state index in [1.165, 1.54) is 0 Å². The van der Waals surface area contributed by atoms with Crippen LogP contribution in [0.15, 0.2) is 45.7 Å². The van der Waals surface area contributed by atoms with Crippen molar-refractivity contribution in [3.63, 3.8) is 0 Å². The van der Waals surface area contributed by atoms with Gasteiger partial charge in [-0.3, -0.25) is 0 Å². The minimum absolute atomic E-state index is 0.505. The summed E-state index contributed by atoms with van der Waals surface area (Å²) in [6.45, 7) is 4.21. The van der Waals surface area contributed by atoms with Crippen molar-refractivity contribution in [2.75, 3.05) is 7.11 Å². The molecule has 0 bridgehead atoms. The first-order chi connectivity index (χ1) is 9.63. The molecule has 2 aromatic carbocycles. The molecule has 0 aliphatic carbocycles. The van der Waals surface area contributed by atoms with Crippen molar-refractivity contribution in [1.82, 2.24) is 0 Å². The molecule has 0 aliphatic heterocycles. The van der Waals surface area contributed by atoms with Crippen LogP contribution in [-0.4, -0.2) is 17.5 Å². The number of nitrogens with zero attached hydrogens (tertiary/aromatic N) is 1. The van der Waals surface area contributed by atoms with E-state index in [2.05, 4.69) is 18.2 Å². The van der Waals surface area contributed by atoms with Crippen LogP contribution in [0.3, 0.4) is 0 Å². The Morgan fingerprint density at radius 3 is 2.70 bits per heavy atom. The lowest BCUT2D eigenvalue weighted by molar-refractivity contribution is 0.405. The summed E-state index contributed by atoms with van der Waals surface area (Å²) in [7, 11) is 0.145. The molecule has 2 aromatic rings. The molecule has 0 amide bonds. The van der Waals surface area contributed by atoms with Crippen LogP contribution < -0.4 is 4.74 Å². The first-order valence-corrected chi connectivity index (χ1v) is 7.74. The first kappa shape index (κ1) is 14.7. The maximum atomic E-state index is 12.5. The van der Waals surface area contributed by atoms with Crippen LogP contribution in [0.5, 0.6) is 5.75 Å². The van der Waals surface area contributed by atoms with Gasteiger partial charge >= 0.3 is 0 Å². The molecule has 20 heavy (non-hydrogen) atoms. The van der Waals surface area contributed by atoms with E-state index >= 15 is 0 Å². The Hall–Kier alpha value is -1.68. The maximum absolute atomic E-state index is 12.5. The van der Waals surface area contributed by atoms with Gasteiger partial charge in [0.05, 0.1) is 7.11 Å². The molecule has 0 aliphatic rings. The molecular weight excluding hydrogens is 270 g/mol. The number of rotatable bonds is 5. The highest BCUT2D eigenvalue weighted by atomic mass is 32.2. The van der Waals surface area contributed by atoms with Gasteiger partial charge < -0.3 is 4.74 Å². The zero-order valence-electron chi connectivity index (χ0n) is 12.0. The molecule has 0 N–H and O–H groups in total. The third-order valence-corrected chi connectivity index (χ3v) is 4.10. The summed E-state index contributed by atoms with van der Waals surface area (Å²) in [4.78, 5) is 0.644. The summed E-state index contributed by atoms with van der Waals surface area (Å²) in [6.07, 6.45) is 2.56. The van der Waals surface area contributed by atoms with Crippen LogP contribution in [0.4, 0.5) is 0 Å². The molecule has 0 aromatic heterocycles. The standard InChI is InChI=1S/C16H19NO2S/c1-12(2)10-11-17-20(18)16-14-7-5-4-6-13(14)8-9-15(16)19-3/h4-9,11-12H,10H2,1-3H3/b17-11+/t20-/m0/s1. The predicted octanol–water partition coefficient (Wildman–Crippen LogP) is 3.99. The van der Waals surface area contributed by atoms with Crippen LogP contribution in [-0.2, 0) is 11.0 Å². The monoisotopic (exact) mass is 289 g/mol. The highest BCUT2D eigenvalue weighted by Crippen LogP contribution is 2.31. The van der Waals surface area contributed by atoms with Gasteiger partial charge in [-0.25, -0.2) is 4.21 Å². The minimum Gasteiger partial charge on any atom is -0.495 e. The second-order valence-corrected chi connectivity index (χ2v) is 6.10. The molecule has 2 rings (SSSR count). The molecule has 0 spiro atoms. The summed E-state index contributed by atoms with van der Waals surface area (Å²) in [5, 5.41) is 1.96. The van der Waals surface area contributed by atoms with E-state index < -0.39 is 11.0 Å². The lowest BCUT2D eigenvalue weighted by atomic mass is 10.1. The fraction of sp³-hybridized carbons (Fsp3) is 0.312. The van der Waals surface area contributed by atoms with E-state index in [1.54, 1.807) is 13.3 Å². The van der Waals surface area contributed by atoms with Crippen molar-refractivity contribution < 1.29 is 8.95 Å². The van der Waals surface area contributed by atoms with Crippen molar-refractivity contribution >= 4 is 28.0 Å². The number of methoxy groups -OCH3 is 1. The van der Waals surface area contributed by atoms with E-state index in [4.69, 9.17) is 4.74 Å². The third kappa shape index (κ3) is 3.25. The van der Waals surface area contributed by atoms with Gasteiger partial charge in [0.1, 0.15) is 10.6 Å². The zero-order valence-corrected chi connectivity index (χ0v) is 12.8. The fourth-order valence-corrected chi connectivity index (χ4v) is 2.96. The van der Waals surface area contributed by atoms with Crippen molar-refractivity contribution in [2.45, 2.75) is 25.2 Å². The quantitative estimate of drug-likeness (QED) is 0.781. The molecular formula is C16H19NO2S.